The number of hydrogen-bond acceptors (Lipinski definition) is 3. The van der Waals surface area contributed by atoms with Crippen molar-refractivity contribution < 1.29 is 23.1 Å². The van der Waals surface area contributed by atoms with Gasteiger partial charge in [-0.2, -0.15) is 0 Å². The van der Waals surface area contributed by atoms with Gasteiger partial charge in [0.05, 0.1) is 16.6 Å². The number of halogens is 3. The van der Waals surface area contributed by atoms with Gasteiger partial charge in [-0.25, -0.2) is 18.0 Å². The summed E-state index contributed by atoms with van der Waals surface area (Å²) in [7, 11) is 0. The standard InChI is InChI=1S/C14H11F3N2O3/c1-4-2-3-5-6(14(21)22)13(20)7-11(18)9(16)8(15)10(17)12(7)19(4)5/h4H,2-3,18H2,1H3,(H,21,22)/t4-/m1/s1. The highest BCUT2D eigenvalue weighted by molar-refractivity contribution is 5.99. The van der Waals surface area contributed by atoms with Gasteiger partial charge in [0.15, 0.2) is 17.5 Å². The number of pyridine rings is 1. The van der Waals surface area contributed by atoms with Crippen LogP contribution in [0.4, 0.5) is 18.9 Å². The molecule has 8 heteroatoms. The summed E-state index contributed by atoms with van der Waals surface area (Å²) in [5.74, 6) is -6.51. The van der Waals surface area contributed by atoms with E-state index in [1.54, 1.807) is 6.92 Å². The van der Waals surface area contributed by atoms with Crippen LogP contribution < -0.4 is 11.2 Å². The Balaban J connectivity index is 2.70. The normalized spacial score (nSPS) is 17.0. The Labute approximate surface area is 121 Å². The molecule has 0 aliphatic carbocycles. The number of nitrogens with zero attached hydrogens (tertiary/aromatic N) is 1. The van der Waals surface area contributed by atoms with Crippen LogP contribution in [0.1, 0.15) is 35.4 Å². The molecule has 3 N–H and O–H groups in total. The summed E-state index contributed by atoms with van der Waals surface area (Å²) in [4.78, 5) is 23.7. The molecule has 1 aliphatic heterocycles. The van der Waals surface area contributed by atoms with Crippen LogP contribution >= 0.6 is 0 Å². The highest BCUT2D eigenvalue weighted by Gasteiger charge is 2.33. The van der Waals surface area contributed by atoms with E-state index in [1.165, 1.54) is 4.57 Å². The molecule has 0 radical (unpaired) electrons. The number of carbonyl (C=O) groups is 1. The van der Waals surface area contributed by atoms with Gasteiger partial charge in [0.25, 0.3) is 0 Å². The maximum atomic E-state index is 14.2. The Kier molecular flexibility index (Phi) is 2.95. The number of benzene rings is 1. The number of hydrogen-bond donors (Lipinski definition) is 2. The number of carboxylic acid groups (broad SMARTS) is 1. The smallest absolute Gasteiger partial charge is 0.341 e. The Bertz CT molecular complexity index is 905. The monoisotopic (exact) mass is 312 g/mol. The second-order valence-electron chi connectivity index (χ2n) is 5.29. The zero-order valence-electron chi connectivity index (χ0n) is 11.4. The number of aromatic carboxylic acids is 1. The van der Waals surface area contributed by atoms with Crippen molar-refractivity contribution in [3.8, 4) is 0 Å². The second-order valence-corrected chi connectivity index (χ2v) is 5.29. The van der Waals surface area contributed by atoms with Crippen LogP contribution in [-0.4, -0.2) is 15.6 Å². The van der Waals surface area contributed by atoms with Gasteiger partial charge in [-0.3, -0.25) is 4.79 Å². The van der Waals surface area contributed by atoms with E-state index < -0.39 is 51.0 Å². The lowest BCUT2D eigenvalue weighted by Gasteiger charge is -2.18. The van der Waals surface area contributed by atoms with Gasteiger partial charge < -0.3 is 15.4 Å². The molecule has 0 fully saturated rings. The van der Waals surface area contributed by atoms with Crippen molar-refractivity contribution in [2.45, 2.75) is 25.8 Å². The van der Waals surface area contributed by atoms with E-state index in [4.69, 9.17) is 5.73 Å². The molecule has 0 amide bonds. The molecule has 3 rings (SSSR count). The molecule has 0 spiro atoms. The van der Waals surface area contributed by atoms with Crippen LogP contribution in [0.3, 0.4) is 0 Å². The van der Waals surface area contributed by atoms with E-state index >= 15 is 0 Å². The molecule has 2 heterocycles. The van der Waals surface area contributed by atoms with Gasteiger partial charge in [-0.1, -0.05) is 0 Å². The van der Waals surface area contributed by atoms with Crippen molar-refractivity contribution in [3.05, 3.63) is 38.9 Å². The molecular formula is C14H11F3N2O3. The fourth-order valence-electron chi connectivity index (χ4n) is 3.06. The van der Waals surface area contributed by atoms with Crippen molar-refractivity contribution in [2.75, 3.05) is 5.73 Å². The molecule has 1 aromatic carbocycles. The Morgan fingerprint density at radius 1 is 1.27 bits per heavy atom. The molecule has 0 saturated heterocycles. The number of fused-ring (bicyclic) bond motifs is 3. The lowest BCUT2D eigenvalue weighted by Crippen LogP contribution is -2.24. The zero-order valence-corrected chi connectivity index (χ0v) is 11.4. The van der Waals surface area contributed by atoms with Crippen LogP contribution in [0.5, 0.6) is 0 Å². The minimum atomic E-state index is -1.78. The Morgan fingerprint density at radius 3 is 2.50 bits per heavy atom. The molecule has 116 valence electrons. The summed E-state index contributed by atoms with van der Waals surface area (Å²) >= 11 is 0. The lowest BCUT2D eigenvalue weighted by molar-refractivity contribution is 0.0694. The maximum absolute atomic E-state index is 14.2. The fourth-order valence-corrected chi connectivity index (χ4v) is 3.06. The highest BCUT2D eigenvalue weighted by atomic mass is 19.2. The molecule has 2 aromatic rings. The topological polar surface area (TPSA) is 85.3 Å². The summed E-state index contributed by atoms with van der Waals surface area (Å²) in [6.07, 6.45) is 0.684. The maximum Gasteiger partial charge on any atom is 0.341 e. The molecular weight excluding hydrogens is 301 g/mol. The van der Waals surface area contributed by atoms with Crippen LogP contribution in [0, 0.1) is 17.5 Å². The number of rotatable bonds is 1. The predicted octanol–water partition coefficient (Wildman–Crippen LogP) is 2.21. The molecule has 22 heavy (non-hydrogen) atoms. The van der Waals surface area contributed by atoms with Crippen molar-refractivity contribution in [1.82, 2.24) is 4.57 Å². The first-order valence-corrected chi connectivity index (χ1v) is 6.53. The minimum absolute atomic E-state index is 0.0989. The summed E-state index contributed by atoms with van der Waals surface area (Å²) < 4.78 is 42.7. The van der Waals surface area contributed by atoms with Crippen LogP contribution in [-0.2, 0) is 6.42 Å². The van der Waals surface area contributed by atoms with Crippen molar-refractivity contribution in [3.63, 3.8) is 0 Å². The Morgan fingerprint density at radius 2 is 1.91 bits per heavy atom. The van der Waals surface area contributed by atoms with Crippen molar-refractivity contribution >= 4 is 22.6 Å². The summed E-state index contributed by atoms with van der Waals surface area (Å²) in [5, 5.41) is 8.61. The molecule has 1 aromatic heterocycles. The summed E-state index contributed by atoms with van der Waals surface area (Å²) in [6.45, 7) is 1.67. The van der Waals surface area contributed by atoms with E-state index in [0.29, 0.717) is 6.42 Å². The third-order valence-corrected chi connectivity index (χ3v) is 4.06. The van der Waals surface area contributed by atoms with E-state index in [1.807, 2.05) is 0 Å². The number of carboxylic acids is 1. The third-order valence-electron chi connectivity index (χ3n) is 4.06. The first-order valence-electron chi connectivity index (χ1n) is 6.53. The van der Waals surface area contributed by atoms with E-state index in [2.05, 4.69) is 0 Å². The molecule has 0 bridgehead atoms. The molecule has 0 unspecified atom stereocenters. The predicted molar refractivity (Wildman–Crippen MR) is 72.5 cm³/mol. The molecule has 1 aliphatic rings. The zero-order chi connectivity index (χ0) is 16.3. The average Bonchev–Trinajstić information content (AvgIpc) is 2.82. The van der Waals surface area contributed by atoms with Gasteiger partial charge in [0.2, 0.25) is 5.43 Å². The van der Waals surface area contributed by atoms with Crippen molar-refractivity contribution in [2.24, 2.45) is 0 Å². The van der Waals surface area contributed by atoms with Gasteiger partial charge in [-0.05, 0) is 19.8 Å². The van der Waals surface area contributed by atoms with E-state index in [-0.39, 0.29) is 18.2 Å². The van der Waals surface area contributed by atoms with Gasteiger partial charge in [0.1, 0.15) is 5.56 Å². The molecule has 1 atom stereocenters. The SMILES string of the molecule is C[C@@H]1CCc2c(C(=O)O)c(=O)c3c(N)c(F)c(F)c(F)c3n21. The summed E-state index contributed by atoms with van der Waals surface area (Å²) in [5.41, 5.74) is 2.48. The van der Waals surface area contributed by atoms with Gasteiger partial charge >= 0.3 is 5.97 Å². The van der Waals surface area contributed by atoms with Crippen molar-refractivity contribution in [1.29, 1.82) is 0 Å². The number of anilines is 1. The second kappa shape index (κ2) is 4.49. The summed E-state index contributed by atoms with van der Waals surface area (Å²) in [6, 6.07) is -0.366. The van der Waals surface area contributed by atoms with Crippen LogP contribution in [0.15, 0.2) is 4.79 Å². The Hall–Kier alpha value is -2.51. The molecule has 5 nitrogen and oxygen atoms in total. The largest absolute Gasteiger partial charge is 0.477 e. The minimum Gasteiger partial charge on any atom is -0.477 e. The average molecular weight is 312 g/mol. The van der Waals surface area contributed by atoms with Gasteiger partial charge in [0, 0.05) is 11.7 Å². The van der Waals surface area contributed by atoms with Crippen LogP contribution in [0.2, 0.25) is 0 Å². The van der Waals surface area contributed by atoms with E-state index in [0.717, 1.165) is 0 Å². The lowest BCUT2D eigenvalue weighted by atomic mass is 10.0. The number of nitrogen functional groups attached to an aromatic ring is 1. The van der Waals surface area contributed by atoms with E-state index in [9.17, 15) is 27.9 Å². The first-order chi connectivity index (χ1) is 10.3. The molecule has 0 saturated carbocycles. The number of aromatic nitrogens is 1. The third kappa shape index (κ3) is 1.60. The van der Waals surface area contributed by atoms with Crippen LogP contribution in [0.25, 0.3) is 10.9 Å². The number of nitrogens with two attached hydrogens (primary N) is 1. The highest BCUT2D eigenvalue weighted by Crippen LogP contribution is 2.36. The first kappa shape index (κ1) is 14.4. The fraction of sp³-hybridized carbons (Fsp3) is 0.286. The van der Waals surface area contributed by atoms with Gasteiger partial charge in [-0.15, -0.1) is 0 Å². The quantitative estimate of drug-likeness (QED) is 0.624.